The number of hydrogen-bond donors (Lipinski definition) is 3. The van der Waals surface area contributed by atoms with Crippen molar-refractivity contribution in [2.45, 2.75) is 19.9 Å². The highest BCUT2D eigenvalue weighted by molar-refractivity contribution is 7.09. The maximum atomic E-state index is 12.1. The van der Waals surface area contributed by atoms with E-state index in [4.69, 9.17) is 4.42 Å². The molecule has 3 N–H and O–H groups in total. The largest absolute Gasteiger partial charge is 0.459 e. The van der Waals surface area contributed by atoms with Gasteiger partial charge in [0.2, 0.25) is 0 Å². The van der Waals surface area contributed by atoms with Gasteiger partial charge in [-0.2, -0.15) is 0 Å². The molecule has 2 heterocycles. The molecular weight excluding hydrogens is 374 g/mol. The molecule has 0 saturated carbocycles. The number of hydrogen-bond acceptors (Lipinski definition) is 5. The fraction of sp³-hybridized carbons (Fsp3) is 0.250. The second-order valence-electron chi connectivity index (χ2n) is 6.09. The summed E-state index contributed by atoms with van der Waals surface area (Å²) >= 11 is 1.66. The fourth-order valence-electron chi connectivity index (χ4n) is 2.60. The van der Waals surface area contributed by atoms with E-state index in [1.807, 2.05) is 31.2 Å². The number of nitrogens with zero attached hydrogens (tertiary/aromatic N) is 2. The highest BCUT2D eigenvalue weighted by atomic mass is 32.1. The third-order valence-electron chi connectivity index (χ3n) is 3.95. The van der Waals surface area contributed by atoms with Crippen LogP contribution in [-0.2, 0) is 13.0 Å². The van der Waals surface area contributed by atoms with Gasteiger partial charge < -0.3 is 20.4 Å². The summed E-state index contributed by atoms with van der Waals surface area (Å²) in [6, 6.07) is 11.0. The summed E-state index contributed by atoms with van der Waals surface area (Å²) in [6.45, 7) is 3.34. The van der Waals surface area contributed by atoms with Crippen LogP contribution < -0.4 is 16.0 Å². The van der Waals surface area contributed by atoms with Crippen LogP contribution in [0.3, 0.4) is 0 Å². The quantitative estimate of drug-likeness (QED) is 0.421. The summed E-state index contributed by atoms with van der Waals surface area (Å²) in [6.07, 6.45) is 2.32. The Bertz CT molecular complexity index is 934. The van der Waals surface area contributed by atoms with E-state index < -0.39 is 0 Å². The van der Waals surface area contributed by atoms with Gasteiger partial charge >= 0.3 is 0 Å². The lowest BCUT2D eigenvalue weighted by Gasteiger charge is -2.12. The molecule has 0 fully saturated rings. The zero-order valence-corrected chi connectivity index (χ0v) is 16.7. The molecule has 3 aromatic rings. The van der Waals surface area contributed by atoms with Crippen molar-refractivity contribution >= 4 is 28.9 Å². The standard InChI is InChI=1S/C20H23N5O2S/c1-14-24-17(13-28-14)8-9-22-20(21-2)23-12-15-5-3-6-16(11-15)25-19(26)18-7-4-10-27-18/h3-7,10-11,13H,8-9,12H2,1-2H3,(H,25,26)(H2,21,22,23). The number of nitrogens with one attached hydrogen (secondary N) is 3. The van der Waals surface area contributed by atoms with Gasteiger partial charge in [0.1, 0.15) is 0 Å². The molecule has 146 valence electrons. The molecule has 0 saturated heterocycles. The molecule has 0 radical (unpaired) electrons. The van der Waals surface area contributed by atoms with Crippen molar-refractivity contribution in [3.8, 4) is 0 Å². The number of aliphatic imine (C=N–C) groups is 1. The van der Waals surface area contributed by atoms with E-state index in [9.17, 15) is 4.79 Å². The summed E-state index contributed by atoms with van der Waals surface area (Å²) in [7, 11) is 1.74. The zero-order valence-electron chi connectivity index (χ0n) is 15.9. The Balaban J connectivity index is 1.48. The van der Waals surface area contributed by atoms with Crippen LogP contribution in [0.4, 0.5) is 5.69 Å². The van der Waals surface area contributed by atoms with Gasteiger partial charge in [-0.15, -0.1) is 11.3 Å². The van der Waals surface area contributed by atoms with Gasteiger partial charge in [-0.1, -0.05) is 12.1 Å². The van der Waals surface area contributed by atoms with Crippen molar-refractivity contribution in [2.24, 2.45) is 4.99 Å². The van der Waals surface area contributed by atoms with Gasteiger partial charge in [0, 0.05) is 37.6 Å². The molecule has 0 unspecified atom stereocenters. The van der Waals surface area contributed by atoms with E-state index in [1.165, 1.54) is 6.26 Å². The van der Waals surface area contributed by atoms with Crippen molar-refractivity contribution in [2.75, 3.05) is 18.9 Å². The topological polar surface area (TPSA) is 91.5 Å². The van der Waals surface area contributed by atoms with E-state index in [0.717, 1.165) is 35.2 Å². The lowest BCUT2D eigenvalue weighted by molar-refractivity contribution is 0.0996. The normalized spacial score (nSPS) is 11.3. The molecule has 1 aromatic carbocycles. The minimum Gasteiger partial charge on any atom is -0.459 e. The van der Waals surface area contributed by atoms with Crippen LogP contribution in [-0.4, -0.2) is 30.4 Å². The fourth-order valence-corrected chi connectivity index (χ4v) is 3.25. The summed E-state index contributed by atoms with van der Waals surface area (Å²) in [5.74, 6) is 0.727. The Kier molecular flexibility index (Phi) is 6.80. The molecule has 7 nitrogen and oxygen atoms in total. The molecule has 0 aliphatic rings. The third-order valence-corrected chi connectivity index (χ3v) is 4.78. The molecular formula is C20H23N5O2S. The number of anilines is 1. The van der Waals surface area contributed by atoms with Gasteiger partial charge in [-0.3, -0.25) is 9.79 Å². The van der Waals surface area contributed by atoms with E-state index >= 15 is 0 Å². The van der Waals surface area contributed by atoms with Gasteiger partial charge in [-0.25, -0.2) is 4.98 Å². The van der Waals surface area contributed by atoms with Crippen LogP contribution in [0.15, 0.2) is 57.5 Å². The highest BCUT2D eigenvalue weighted by Crippen LogP contribution is 2.13. The molecule has 0 atom stereocenters. The average Bonchev–Trinajstić information content (AvgIpc) is 3.37. The maximum absolute atomic E-state index is 12.1. The first kappa shape index (κ1) is 19.6. The van der Waals surface area contributed by atoms with Crippen LogP contribution in [0.5, 0.6) is 0 Å². The predicted octanol–water partition coefficient (Wildman–Crippen LogP) is 3.20. The lowest BCUT2D eigenvalue weighted by atomic mass is 10.2. The number of amides is 1. The summed E-state index contributed by atoms with van der Waals surface area (Å²) in [5.41, 5.74) is 2.82. The van der Waals surface area contributed by atoms with Gasteiger partial charge in [0.05, 0.1) is 17.0 Å². The van der Waals surface area contributed by atoms with Crippen molar-refractivity contribution in [3.05, 3.63) is 70.1 Å². The number of thiazole rings is 1. The molecule has 0 aliphatic heterocycles. The Morgan fingerprint density at radius 1 is 1.25 bits per heavy atom. The average molecular weight is 398 g/mol. The van der Waals surface area contributed by atoms with Crippen LogP contribution in [0, 0.1) is 6.92 Å². The number of benzene rings is 1. The maximum Gasteiger partial charge on any atom is 0.291 e. The molecule has 0 bridgehead atoms. The Labute approximate surface area is 167 Å². The van der Waals surface area contributed by atoms with Gasteiger partial charge in [0.25, 0.3) is 5.91 Å². The monoisotopic (exact) mass is 397 g/mol. The number of furan rings is 1. The van der Waals surface area contributed by atoms with E-state index in [0.29, 0.717) is 12.2 Å². The SMILES string of the molecule is CN=C(NCCc1csc(C)n1)NCc1cccc(NC(=O)c2ccco2)c1. The third kappa shape index (κ3) is 5.68. The molecule has 0 aliphatic carbocycles. The molecule has 8 heteroatoms. The lowest BCUT2D eigenvalue weighted by Crippen LogP contribution is -2.37. The second kappa shape index (κ2) is 9.70. The van der Waals surface area contributed by atoms with Crippen LogP contribution in [0.25, 0.3) is 0 Å². The van der Waals surface area contributed by atoms with Gasteiger partial charge in [-0.05, 0) is 36.8 Å². The number of guanidine groups is 1. The van der Waals surface area contributed by atoms with Gasteiger partial charge in [0.15, 0.2) is 11.7 Å². The van der Waals surface area contributed by atoms with E-state index in [1.54, 1.807) is 30.5 Å². The molecule has 2 aromatic heterocycles. The first-order chi connectivity index (χ1) is 13.6. The van der Waals surface area contributed by atoms with Crippen molar-refractivity contribution < 1.29 is 9.21 Å². The van der Waals surface area contributed by atoms with E-state index in [-0.39, 0.29) is 11.7 Å². The van der Waals surface area contributed by atoms with E-state index in [2.05, 4.69) is 31.3 Å². The minimum atomic E-state index is -0.273. The number of rotatable bonds is 7. The summed E-state index contributed by atoms with van der Waals surface area (Å²) in [4.78, 5) is 20.8. The first-order valence-corrected chi connectivity index (χ1v) is 9.81. The van der Waals surface area contributed by atoms with Crippen LogP contribution in [0.2, 0.25) is 0 Å². The summed E-state index contributed by atoms with van der Waals surface area (Å²) < 4.78 is 5.11. The molecule has 1 amide bonds. The first-order valence-electron chi connectivity index (χ1n) is 8.93. The number of aromatic nitrogens is 1. The smallest absolute Gasteiger partial charge is 0.291 e. The molecule has 0 spiro atoms. The number of aryl methyl sites for hydroxylation is 1. The Hall–Kier alpha value is -3.13. The predicted molar refractivity (Wildman–Crippen MR) is 112 cm³/mol. The number of carbonyl (C=O) groups excluding carboxylic acids is 1. The molecule has 3 rings (SSSR count). The highest BCUT2D eigenvalue weighted by Gasteiger charge is 2.09. The number of carbonyl (C=O) groups is 1. The van der Waals surface area contributed by atoms with Crippen LogP contribution >= 0.6 is 11.3 Å². The molecule has 28 heavy (non-hydrogen) atoms. The zero-order chi connectivity index (χ0) is 19.8. The Morgan fingerprint density at radius 2 is 2.14 bits per heavy atom. The van der Waals surface area contributed by atoms with Crippen molar-refractivity contribution in [3.63, 3.8) is 0 Å². The Morgan fingerprint density at radius 3 is 2.86 bits per heavy atom. The summed E-state index contributed by atoms with van der Waals surface area (Å²) in [5, 5.41) is 12.5. The van der Waals surface area contributed by atoms with Crippen molar-refractivity contribution in [1.82, 2.24) is 15.6 Å². The van der Waals surface area contributed by atoms with Crippen LogP contribution in [0.1, 0.15) is 26.8 Å². The minimum absolute atomic E-state index is 0.273. The van der Waals surface area contributed by atoms with Crippen molar-refractivity contribution in [1.29, 1.82) is 0 Å². The second-order valence-corrected chi connectivity index (χ2v) is 7.15.